The molecule has 8 heteroatoms. The van der Waals surface area contributed by atoms with Crippen LogP contribution in [0.25, 0.3) is 11.1 Å². The van der Waals surface area contributed by atoms with E-state index in [4.69, 9.17) is 4.74 Å². The van der Waals surface area contributed by atoms with Crippen molar-refractivity contribution in [1.29, 1.82) is 0 Å². The number of carbonyl (C=O) groups is 3. The van der Waals surface area contributed by atoms with Crippen molar-refractivity contribution in [3.63, 3.8) is 0 Å². The number of alkyl carbamates (subject to hydrolysis) is 1. The number of carboxylic acids is 1. The van der Waals surface area contributed by atoms with Crippen molar-refractivity contribution in [2.24, 2.45) is 5.92 Å². The summed E-state index contributed by atoms with van der Waals surface area (Å²) in [7, 11) is 3.64. The molecule has 1 unspecified atom stereocenters. The predicted molar refractivity (Wildman–Crippen MR) is 123 cm³/mol. The fourth-order valence-corrected chi connectivity index (χ4v) is 4.84. The molecule has 0 spiro atoms. The number of benzene rings is 2. The van der Waals surface area contributed by atoms with Gasteiger partial charge in [-0.05, 0) is 29.3 Å². The Balaban J connectivity index is 1.39. The molecule has 1 saturated heterocycles. The number of likely N-dealkylation sites (N-methyl/N-ethyl adjacent to an activating group) is 1. The second kappa shape index (κ2) is 9.62. The van der Waals surface area contributed by atoms with E-state index < -0.39 is 30.4 Å². The van der Waals surface area contributed by atoms with E-state index in [9.17, 15) is 19.5 Å². The standard InChI is InChI=1S/C25H29N3O5/c1-27-12-16(13-27)14-28(2)24(31)22(11-23(29)30)26-25(32)33-15-21-19-9-5-3-7-17(19)18-8-4-6-10-20(18)21/h3-10,16,21-22H,11-15H2,1-2H3,(H,26,32)(H,29,30). The molecule has 1 atom stereocenters. The molecule has 2 aromatic carbocycles. The Bertz CT molecular complexity index is 1000. The first-order chi connectivity index (χ1) is 15.8. The number of likely N-dealkylation sites (tertiary alicyclic amines) is 1. The van der Waals surface area contributed by atoms with E-state index in [0.29, 0.717) is 12.5 Å². The van der Waals surface area contributed by atoms with Gasteiger partial charge in [-0.1, -0.05) is 48.5 Å². The Morgan fingerprint density at radius 1 is 1.09 bits per heavy atom. The highest BCUT2D eigenvalue weighted by molar-refractivity contribution is 5.89. The minimum Gasteiger partial charge on any atom is -0.481 e. The number of hydrogen-bond acceptors (Lipinski definition) is 5. The van der Waals surface area contributed by atoms with Gasteiger partial charge in [-0.15, -0.1) is 0 Å². The van der Waals surface area contributed by atoms with Gasteiger partial charge in [-0.25, -0.2) is 4.79 Å². The Morgan fingerprint density at radius 3 is 2.21 bits per heavy atom. The van der Waals surface area contributed by atoms with Crippen molar-refractivity contribution in [3.8, 4) is 11.1 Å². The number of rotatable bonds is 8. The fraction of sp³-hybridized carbons (Fsp3) is 0.400. The number of ether oxygens (including phenoxy) is 1. The van der Waals surface area contributed by atoms with E-state index in [1.807, 2.05) is 55.6 Å². The van der Waals surface area contributed by atoms with E-state index in [1.54, 1.807) is 7.05 Å². The molecule has 1 aliphatic heterocycles. The van der Waals surface area contributed by atoms with Gasteiger partial charge in [0, 0.05) is 38.5 Å². The van der Waals surface area contributed by atoms with Crippen LogP contribution in [0.5, 0.6) is 0 Å². The van der Waals surface area contributed by atoms with Crippen LogP contribution in [0.2, 0.25) is 0 Å². The number of hydrogen-bond donors (Lipinski definition) is 2. The highest BCUT2D eigenvalue weighted by Gasteiger charge is 2.32. The summed E-state index contributed by atoms with van der Waals surface area (Å²) in [4.78, 5) is 40.4. The third-order valence-electron chi connectivity index (χ3n) is 6.36. The minimum atomic E-state index is -1.18. The maximum atomic E-state index is 12.8. The molecular formula is C25H29N3O5. The van der Waals surface area contributed by atoms with Crippen molar-refractivity contribution in [2.45, 2.75) is 18.4 Å². The zero-order chi connectivity index (χ0) is 23.5. The molecule has 0 bridgehead atoms. The zero-order valence-corrected chi connectivity index (χ0v) is 18.9. The van der Waals surface area contributed by atoms with Gasteiger partial charge in [0.05, 0.1) is 6.42 Å². The fourth-order valence-electron chi connectivity index (χ4n) is 4.84. The molecule has 8 nitrogen and oxygen atoms in total. The van der Waals surface area contributed by atoms with E-state index in [-0.39, 0.29) is 12.5 Å². The molecule has 4 rings (SSSR count). The quantitative estimate of drug-likeness (QED) is 0.640. The summed E-state index contributed by atoms with van der Waals surface area (Å²) in [5, 5.41) is 11.7. The maximum Gasteiger partial charge on any atom is 0.407 e. The third kappa shape index (κ3) is 5.01. The summed E-state index contributed by atoms with van der Waals surface area (Å²) in [6.07, 6.45) is -1.30. The van der Waals surface area contributed by atoms with Gasteiger partial charge < -0.3 is 25.0 Å². The lowest BCUT2D eigenvalue weighted by atomic mass is 9.98. The van der Waals surface area contributed by atoms with Crippen LogP contribution in [0.3, 0.4) is 0 Å². The maximum absolute atomic E-state index is 12.8. The third-order valence-corrected chi connectivity index (χ3v) is 6.36. The van der Waals surface area contributed by atoms with E-state index in [1.165, 1.54) is 4.90 Å². The number of nitrogens with zero attached hydrogens (tertiary/aromatic N) is 2. The van der Waals surface area contributed by atoms with Crippen LogP contribution in [-0.4, -0.2) is 79.3 Å². The van der Waals surface area contributed by atoms with Crippen LogP contribution >= 0.6 is 0 Å². The molecular weight excluding hydrogens is 422 g/mol. The molecule has 1 heterocycles. The molecule has 2 amide bonds. The van der Waals surface area contributed by atoms with Crippen molar-refractivity contribution < 1.29 is 24.2 Å². The number of aliphatic carboxylic acids is 1. The number of nitrogens with one attached hydrogen (secondary N) is 1. The topological polar surface area (TPSA) is 99.2 Å². The SMILES string of the molecule is CN1CC(CN(C)C(=O)C(CC(=O)O)NC(=O)OCC2c3ccccc3-c3ccccc32)C1. The Labute approximate surface area is 193 Å². The van der Waals surface area contributed by atoms with Gasteiger partial charge in [0.25, 0.3) is 0 Å². The van der Waals surface area contributed by atoms with E-state index in [0.717, 1.165) is 35.3 Å². The summed E-state index contributed by atoms with van der Waals surface area (Å²) in [5.74, 6) is -1.36. The van der Waals surface area contributed by atoms with Gasteiger partial charge in [-0.2, -0.15) is 0 Å². The first-order valence-electron chi connectivity index (χ1n) is 11.1. The summed E-state index contributed by atoms with van der Waals surface area (Å²) in [6, 6.07) is 14.8. The molecule has 33 heavy (non-hydrogen) atoms. The molecule has 0 radical (unpaired) electrons. The van der Waals surface area contributed by atoms with Gasteiger partial charge in [0.1, 0.15) is 12.6 Å². The van der Waals surface area contributed by atoms with Gasteiger partial charge in [-0.3, -0.25) is 9.59 Å². The molecule has 2 N–H and O–H groups in total. The van der Waals surface area contributed by atoms with Gasteiger partial charge in [0.2, 0.25) is 5.91 Å². The van der Waals surface area contributed by atoms with Crippen molar-refractivity contribution >= 4 is 18.0 Å². The molecule has 1 aliphatic carbocycles. The van der Waals surface area contributed by atoms with Crippen molar-refractivity contribution in [3.05, 3.63) is 59.7 Å². The highest BCUT2D eigenvalue weighted by atomic mass is 16.5. The second-order valence-corrected chi connectivity index (χ2v) is 8.93. The van der Waals surface area contributed by atoms with Crippen molar-refractivity contribution in [1.82, 2.24) is 15.1 Å². The van der Waals surface area contributed by atoms with E-state index >= 15 is 0 Å². The smallest absolute Gasteiger partial charge is 0.407 e. The summed E-state index contributed by atoms with van der Waals surface area (Å²) < 4.78 is 5.49. The van der Waals surface area contributed by atoms with Gasteiger partial charge in [0.15, 0.2) is 0 Å². The van der Waals surface area contributed by atoms with Crippen LogP contribution in [0, 0.1) is 5.92 Å². The molecule has 0 aromatic heterocycles. The lowest BCUT2D eigenvalue weighted by Gasteiger charge is -2.38. The number of amides is 2. The monoisotopic (exact) mass is 451 g/mol. The second-order valence-electron chi connectivity index (χ2n) is 8.93. The van der Waals surface area contributed by atoms with Crippen LogP contribution < -0.4 is 5.32 Å². The Morgan fingerprint density at radius 2 is 1.67 bits per heavy atom. The summed E-state index contributed by atoms with van der Waals surface area (Å²) in [6.45, 7) is 2.39. The average molecular weight is 452 g/mol. The first-order valence-corrected chi connectivity index (χ1v) is 11.1. The average Bonchev–Trinajstić information content (AvgIpc) is 3.09. The van der Waals surface area contributed by atoms with Crippen LogP contribution in [0.4, 0.5) is 4.79 Å². The Kier molecular flexibility index (Phi) is 6.65. The van der Waals surface area contributed by atoms with Crippen LogP contribution in [-0.2, 0) is 14.3 Å². The summed E-state index contributed by atoms with van der Waals surface area (Å²) in [5.41, 5.74) is 4.39. The molecule has 174 valence electrons. The highest BCUT2D eigenvalue weighted by Crippen LogP contribution is 2.44. The predicted octanol–water partition coefficient (Wildman–Crippen LogP) is 2.39. The van der Waals surface area contributed by atoms with Gasteiger partial charge >= 0.3 is 12.1 Å². The summed E-state index contributed by atoms with van der Waals surface area (Å²) >= 11 is 0. The zero-order valence-electron chi connectivity index (χ0n) is 18.9. The lowest BCUT2D eigenvalue weighted by Crippen LogP contribution is -2.53. The first kappa shape index (κ1) is 22.8. The number of carbonyl (C=O) groups excluding carboxylic acids is 2. The molecule has 2 aliphatic rings. The lowest BCUT2D eigenvalue weighted by molar-refractivity contribution is -0.142. The molecule has 1 fully saturated rings. The van der Waals surface area contributed by atoms with Crippen molar-refractivity contribution in [2.75, 3.05) is 40.3 Å². The largest absolute Gasteiger partial charge is 0.481 e. The van der Waals surface area contributed by atoms with E-state index in [2.05, 4.69) is 10.2 Å². The minimum absolute atomic E-state index is 0.0953. The number of carboxylic acid groups (broad SMARTS) is 1. The molecule has 2 aromatic rings. The van der Waals surface area contributed by atoms with Crippen LogP contribution in [0.15, 0.2) is 48.5 Å². The number of fused-ring (bicyclic) bond motifs is 3. The Hall–Kier alpha value is -3.39. The van der Waals surface area contributed by atoms with Crippen LogP contribution in [0.1, 0.15) is 23.5 Å². The normalized spacial score (nSPS) is 16.3. The molecule has 0 saturated carbocycles.